The van der Waals surface area contributed by atoms with Gasteiger partial charge in [0, 0.05) is 0 Å². The van der Waals surface area contributed by atoms with E-state index in [9.17, 15) is 35.4 Å². The fourth-order valence-electron chi connectivity index (χ4n) is 2.74. The molecule has 2 saturated heterocycles. The molecule has 26 heavy (non-hydrogen) atoms. The van der Waals surface area contributed by atoms with Crippen molar-refractivity contribution in [1.82, 2.24) is 10.6 Å². The van der Waals surface area contributed by atoms with Crippen LogP contribution < -0.4 is 10.6 Å². The monoisotopic (exact) mass is 384 g/mol. The van der Waals surface area contributed by atoms with Crippen LogP contribution in [0.1, 0.15) is 0 Å². The average molecular weight is 384 g/mol. The maximum Gasteiger partial charge on any atom is 0.318 e. The Balaban J connectivity index is 1.97. The molecule has 2 aliphatic heterocycles. The van der Waals surface area contributed by atoms with Crippen LogP contribution in [0.5, 0.6) is 0 Å². The van der Waals surface area contributed by atoms with Gasteiger partial charge in [0.05, 0.1) is 13.2 Å². The average Bonchev–Trinajstić information content (AvgIpc) is 2.62. The maximum absolute atomic E-state index is 12.0. The molecule has 2 amide bonds. The molecule has 13 heteroatoms. The van der Waals surface area contributed by atoms with Gasteiger partial charge in [0.1, 0.15) is 48.8 Å². The summed E-state index contributed by atoms with van der Waals surface area (Å²) >= 11 is 0. The van der Waals surface area contributed by atoms with Crippen LogP contribution in [-0.2, 0) is 9.47 Å². The van der Waals surface area contributed by atoms with Crippen LogP contribution in [0.3, 0.4) is 0 Å². The van der Waals surface area contributed by atoms with Gasteiger partial charge in [-0.1, -0.05) is 0 Å². The maximum atomic E-state index is 12.0. The summed E-state index contributed by atoms with van der Waals surface area (Å²) in [5.74, 6) is 0. The van der Waals surface area contributed by atoms with Gasteiger partial charge < -0.3 is 61.0 Å². The smallest absolute Gasteiger partial charge is 0.318 e. The Kier molecular flexibility index (Phi) is 7.09. The summed E-state index contributed by atoms with van der Waals surface area (Å²) in [5.41, 5.74) is 0. The number of urea groups is 1. The van der Waals surface area contributed by atoms with Crippen molar-refractivity contribution in [3.8, 4) is 0 Å². The Morgan fingerprint density at radius 3 is 1.31 bits per heavy atom. The first-order chi connectivity index (χ1) is 12.2. The van der Waals surface area contributed by atoms with E-state index in [-0.39, 0.29) is 0 Å². The first-order valence-corrected chi connectivity index (χ1v) is 7.89. The number of aliphatic hydroxyl groups is 8. The molecule has 0 aromatic carbocycles. The van der Waals surface area contributed by atoms with Crippen molar-refractivity contribution in [2.75, 3.05) is 13.2 Å². The van der Waals surface area contributed by atoms with Gasteiger partial charge in [-0.15, -0.1) is 0 Å². The fourth-order valence-corrected chi connectivity index (χ4v) is 2.74. The number of amides is 2. The second kappa shape index (κ2) is 8.71. The minimum atomic E-state index is -1.71. The lowest BCUT2D eigenvalue weighted by molar-refractivity contribution is -0.237. The molecule has 0 bridgehead atoms. The number of aliphatic hydroxyl groups excluding tert-OH is 8. The molecule has 2 aliphatic rings. The van der Waals surface area contributed by atoms with Crippen LogP contribution in [0.4, 0.5) is 4.79 Å². The minimum absolute atomic E-state index is 0.683. The van der Waals surface area contributed by atoms with Crippen molar-refractivity contribution < 1.29 is 55.1 Å². The zero-order valence-electron chi connectivity index (χ0n) is 13.5. The van der Waals surface area contributed by atoms with Crippen LogP contribution in [0, 0.1) is 0 Å². The summed E-state index contributed by atoms with van der Waals surface area (Å²) < 4.78 is 10.2. The van der Waals surface area contributed by atoms with E-state index in [2.05, 4.69) is 10.6 Å². The van der Waals surface area contributed by atoms with Crippen LogP contribution >= 0.6 is 0 Å². The summed E-state index contributed by atoms with van der Waals surface area (Å²) in [5, 5.41) is 80.7. The summed E-state index contributed by atoms with van der Waals surface area (Å²) in [6.45, 7) is -1.37. The molecule has 10 atom stereocenters. The third-order valence-corrected chi connectivity index (χ3v) is 4.33. The van der Waals surface area contributed by atoms with E-state index in [1.807, 2.05) is 0 Å². The van der Waals surface area contributed by atoms with Gasteiger partial charge in [-0.25, -0.2) is 4.79 Å². The summed E-state index contributed by atoms with van der Waals surface area (Å²) in [7, 11) is 0. The molecule has 0 spiro atoms. The van der Waals surface area contributed by atoms with E-state index in [0.29, 0.717) is 0 Å². The second-order valence-electron chi connectivity index (χ2n) is 6.12. The lowest BCUT2D eigenvalue weighted by atomic mass is 9.98. The SMILES string of the molecule is O=C(NC1OC(CO)C(O)C(O)C1O)NC1OC(CO)C(O)C(O)C1O. The summed E-state index contributed by atoms with van der Waals surface area (Å²) in [6, 6.07) is -1.06. The minimum Gasteiger partial charge on any atom is -0.394 e. The van der Waals surface area contributed by atoms with Crippen LogP contribution in [-0.4, -0.2) is 121 Å². The van der Waals surface area contributed by atoms with E-state index < -0.39 is 80.5 Å². The number of nitrogens with one attached hydrogen (secondary N) is 2. The van der Waals surface area contributed by atoms with E-state index in [4.69, 9.17) is 19.7 Å². The molecule has 0 radical (unpaired) electrons. The van der Waals surface area contributed by atoms with Crippen molar-refractivity contribution in [2.45, 2.75) is 61.3 Å². The van der Waals surface area contributed by atoms with Crippen molar-refractivity contribution in [3.63, 3.8) is 0 Å². The Bertz CT molecular complexity index is 439. The zero-order valence-corrected chi connectivity index (χ0v) is 13.5. The normalized spacial score (nSPS) is 46.6. The number of carbonyl (C=O) groups excluding carboxylic acids is 1. The quantitative estimate of drug-likeness (QED) is 0.220. The first-order valence-electron chi connectivity index (χ1n) is 7.89. The van der Waals surface area contributed by atoms with E-state index in [1.165, 1.54) is 0 Å². The molecule has 0 aromatic rings. The van der Waals surface area contributed by atoms with E-state index >= 15 is 0 Å². The highest BCUT2D eigenvalue weighted by atomic mass is 16.6. The molecule has 2 rings (SSSR count). The Morgan fingerprint density at radius 1 is 0.654 bits per heavy atom. The number of carbonyl (C=O) groups is 1. The van der Waals surface area contributed by atoms with E-state index in [0.717, 1.165) is 0 Å². The molecule has 0 aromatic heterocycles. The lowest BCUT2D eigenvalue weighted by Crippen LogP contribution is -2.67. The highest BCUT2D eigenvalue weighted by molar-refractivity contribution is 5.74. The predicted molar refractivity (Wildman–Crippen MR) is 79.2 cm³/mol. The van der Waals surface area contributed by atoms with E-state index in [1.54, 1.807) is 0 Å². The molecule has 10 unspecified atom stereocenters. The highest BCUT2D eigenvalue weighted by Crippen LogP contribution is 2.21. The molecule has 13 nitrogen and oxygen atoms in total. The fraction of sp³-hybridized carbons (Fsp3) is 0.923. The summed E-state index contributed by atoms with van der Waals surface area (Å²) in [6.07, 6.45) is -15.5. The second-order valence-corrected chi connectivity index (χ2v) is 6.12. The molecule has 2 heterocycles. The topological polar surface area (TPSA) is 221 Å². The number of hydrogen-bond donors (Lipinski definition) is 10. The number of rotatable bonds is 4. The molecular weight excluding hydrogens is 360 g/mol. The lowest BCUT2D eigenvalue weighted by Gasteiger charge is -2.41. The molecule has 152 valence electrons. The van der Waals surface area contributed by atoms with Crippen molar-refractivity contribution in [3.05, 3.63) is 0 Å². The van der Waals surface area contributed by atoms with Crippen molar-refractivity contribution >= 4 is 6.03 Å². The predicted octanol–water partition coefficient (Wildman–Crippen LogP) is -6.11. The van der Waals surface area contributed by atoms with Gasteiger partial charge in [0.15, 0.2) is 12.5 Å². The van der Waals surface area contributed by atoms with Gasteiger partial charge in [0.2, 0.25) is 0 Å². The summed E-state index contributed by atoms with van der Waals surface area (Å²) in [4.78, 5) is 12.0. The van der Waals surface area contributed by atoms with Gasteiger partial charge >= 0.3 is 6.03 Å². The number of hydrogen-bond acceptors (Lipinski definition) is 11. The van der Waals surface area contributed by atoms with Gasteiger partial charge in [-0.3, -0.25) is 0 Å². The zero-order chi connectivity index (χ0) is 19.6. The molecule has 0 aliphatic carbocycles. The third-order valence-electron chi connectivity index (χ3n) is 4.33. The Labute approximate surface area is 147 Å². The van der Waals surface area contributed by atoms with Crippen LogP contribution in [0.2, 0.25) is 0 Å². The third kappa shape index (κ3) is 4.23. The molecule has 2 fully saturated rings. The molecular formula is C13H24N2O11. The van der Waals surface area contributed by atoms with Crippen molar-refractivity contribution in [1.29, 1.82) is 0 Å². The molecule has 10 N–H and O–H groups in total. The first kappa shape index (κ1) is 21.2. The largest absolute Gasteiger partial charge is 0.394 e. The van der Waals surface area contributed by atoms with Gasteiger partial charge in [0.25, 0.3) is 0 Å². The van der Waals surface area contributed by atoms with Gasteiger partial charge in [-0.2, -0.15) is 0 Å². The molecule has 0 saturated carbocycles. The van der Waals surface area contributed by atoms with Crippen LogP contribution in [0.25, 0.3) is 0 Å². The van der Waals surface area contributed by atoms with Gasteiger partial charge in [-0.05, 0) is 0 Å². The highest BCUT2D eigenvalue weighted by Gasteiger charge is 2.46. The number of ether oxygens (including phenoxy) is 2. The van der Waals surface area contributed by atoms with Crippen LogP contribution in [0.15, 0.2) is 0 Å². The Morgan fingerprint density at radius 2 is 1.00 bits per heavy atom. The Hall–Kier alpha value is -1.13. The standard InChI is InChI=1S/C13H24N2O11/c16-1-3-5(18)7(20)9(22)11(25-3)14-13(24)15-12-10(23)8(21)6(19)4(2-17)26-12/h3-12,16-23H,1-2H2,(H2,14,15,24). The van der Waals surface area contributed by atoms with Crippen molar-refractivity contribution in [2.24, 2.45) is 0 Å².